The lowest BCUT2D eigenvalue weighted by atomic mass is 10.1. The summed E-state index contributed by atoms with van der Waals surface area (Å²) in [5, 5.41) is 0. The van der Waals surface area contributed by atoms with Crippen LogP contribution in [0.25, 0.3) is 0 Å². The van der Waals surface area contributed by atoms with E-state index in [2.05, 4.69) is 27.7 Å². The van der Waals surface area contributed by atoms with Crippen molar-refractivity contribution in [2.75, 3.05) is 36.1 Å². The number of anilines is 2. The van der Waals surface area contributed by atoms with Crippen LogP contribution in [0.5, 0.6) is 11.5 Å². The quantitative estimate of drug-likeness (QED) is 0.139. The molecule has 0 unspecified atom stereocenters. The molecule has 0 radical (unpaired) electrons. The van der Waals surface area contributed by atoms with Crippen LogP contribution in [-0.2, 0) is 0 Å². The molecule has 0 aliphatic heterocycles. The summed E-state index contributed by atoms with van der Waals surface area (Å²) in [7, 11) is 0. The topological polar surface area (TPSA) is 59.1 Å². The smallest absolute Gasteiger partial charge is 0.258 e. The van der Waals surface area contributed by atoms with Crippen LogP contribution in [-0.4, -0.2) is 38.1 Å². The Morgan fingerprint density at radius 2 is 0.864 bits per heavy atom. The fourth-order valence-corrected chi connectivity index (χ4v) is 4.64. The molecule has 0 spiro atoms. The van der Waals surface area contributed by atoms with Gasteiger partial charge in [-0.1, -0.05) is 64.1 Å². The molecule has 4 aromatic rings. The molecule has 0 bridgehead atoms. The number of amides is 2. The van der Waals surface area contributed by atoms with Crippen molar-refractivity contribution in [2.45, 2.75) is 40.5 Å². The molecular weight excluding hydrogens is 548 g/mol. The van der Waals surface area contributed by atoms with Gasteiger partial charge >= 0.3 is 0 Å². The molecule has 44 heavy (non-hydrogen) atoms. The number of para-hydroxylation sites is 2. The van der Waals surface area contributed by atoms with E-state index < -0.39 is 0 Å². The largest absolute Gasteiger partial charge is 0.494 e. The molecule has 6 heteroatoms. The zero-order valence-corrected chi connectivity index (χ0v) is 26.3. The van der Waals surface area contributed by atoms with Crippen molar-refractivity contribution in [2.24, 2.45) is 11.8 Å². The highest BCUT2D eigenvalue weighted by Gasteiger charge is 2.23. The van der Waals surface area contributed by atoms with Gasteiger partial charge in [0.2, 0.25) is 0 Å². The van der Waals surface area contributed by atoms with Gasteiger partial charge in [-0.3, -0.25) is 9.59 Å². The number of carbonyl (C=O) groups is 2. The van der Waals surface area contributed by atoms with Gasteiger partial charge < -0.3 is 19.3 Å². The average Bonchev–Trinajstić information content (AvgIpc) is 3.04. The van der Waals surface area contributed by atoms with Gasteiger partial charge in [-0.25, -0.2) is 0 Å². The lowest BCUT2D eigenvalue weighted by Crippen LogP contribution is -2.41. The maximum atomic E-state index is 13.9. The number of rotatable bonds is 15. The monoisotopic (exact) mass is 592 g/mol. The summed E-state index contributed by atoms with van der Waals surface area (Å²) in [5.74, 6) is 2.31. The van der Waals surface area contributed by atoms with E-state index in [0.717, 1.165) is 35.7 Å². The van der Waals surface area contributed by atoms with Crippen molar-refractivity contribution < 1.29 is 19.1 Å². The molecule has 4 aromatic carbocycles. The van der Waals surface area contributed by atoms with Crippen LogP contribution >= 0.6 is 0 Å². The van der Waals surface area contributed by atoms with Gasteiger partial charge in [-0.05, 0) is 97.5 Å². The zero-order valence-electron chi connectivity index (χ0n) is 26.3. The Hall–Kier alpha value is -4.58. The van der Waals surface area contributed by atoms with E-state index in [-0.39, 0.29) is 11.8 Å². The average molecular weight is 593 g/mol. The van der Waals surface area contributed by atoms with Gasteiger partial charge in [0.05, 0.1) is 13.2 Å². The molecule has 6 nitrogen and oxygen atoms in total. The van der Waals surface area contributed by atoms with Crippen LogP contribution < -0.4 is 19.3 Å². The van der Waals surface area contributed by atoms with E-state index >= 15 is 0 Å². The Morgan fingerprint density at radius 1 is 0.523 bits per heavy atom. The second kappa shape index (κ2) is 16.3. The van der Waals surface area contributed by atoms with Crippen molar-refractivity contribution in [1.29, 1.82) is 0 Å². The Balaban J connectivity index is 1.53. The number of hydrogen-bond acceptors (Lipinski definition) is 4. The van der Waals surface area contributed by atoms with Gasteiger partial charge in [0.25, 0.3) is 11.8 Å². The first-order valence-electron chi connectivity index (χ1n) is 15.5. The SMILES string of the molecule is CC(C)CCOc1ccc(C(=O)N(CCN(C(=O)c2ccc(OCCC(C)C)cc2)c2ccccc2)c2ccccc2)cc1. The van der Waals surface area contributed by atoms with E-state index in [1.165, 1.54) is 0 Å². The standard InChI is InChI=1S/C38H44N2O4/c1-29(2)23-27-43-35-19-15-31(16-20-35)37(41)39(33-11-7-5-8-12-33)25-26-40(34-13-9-6-10-14-34)38(42)32-17-21-36(22-18-32)44-28-24-30(3)4/h5-22,29-30H,23-28H2,1-4H3. The van der Waals surface area contributed by atoms with Crippen LogP contribution in [0.2, 0.25) is 0 Å². The molecule has 0 N–H and O–H groups in total. The van der Waals surface area contributed by atoms with Crippen LogP contribution in [0.3, 0.4) is 0 Å². The fraction of sp³-hybridized carbons (Fsp3) is 0.316. The Bertz CT molecular complexity index is 1320. The summed E-state index contributed by atoms with van der Waals surface area (Å²) in [6.07, 6.45) is 1.94. The van der Waals surface area contributed by atoms with E-state index in [0.29, 0.717) is 49.3 Å². The molecule has 0 heterocycles. The predicted molar refractivity (Wildman–Crippen MR) is 179 cm³/mol. The molecule has 230 valence electrons. The summed E-state index contributed by atoms with van der Waals surface area (Å²) in [6.45, 7) is 10.5. The maximum absolute atomic E-state index is 13.9. The minimum absolute atomic E-state index is 0.145. The first kappa shape index (κ1) is 32.3. The molecule has 0 atom stereocenters. The second-order valence-corrected chi connectivity index (χ2v) is 11.7. The van der Waals surface area contributed by atoms with E-state index in [4.69, 9.17) is 9.47 Å². The van der Waals surface area contributed by atoms with Gasteiger partial charge in [-0.15, -0.1) is 0 Å². The number of ether oxygens (including phenoxy) is 2. The number of carbonyl (C=O) groups excluding carboxylic acids is 2. The van der Waals surface area contributed by atoms with Gasteiger partial charge in [0, 0.05) is 35.6 Å². The lowest BCUT2D eigenvalue weighted by molar-refractivity contribution is 0.0968. The molecule has 2 amide bonds. The number of hydrogen-bond donors (Lipinski definition) is 0. The van der Waals surface area contributed by atoms with Crippen LogP contribution in [0.15, 0.2) is 109 Å². The van der Waals surface area contributed by atoms with Crippen molar-refractivity contribution in [3.05, 3.63) is 120 Å². The molecule has 0 saturated carbocycles. The summed E-state index contributed by atoms with van der Waals surface area (Å²) < 4.78 is 11.7. The highest BCUT2D eigenvalue weighted by Crippen LogP contribution is 2.23. The Labute approximate surface area is 262 Å². The summed E-state index contributed by atoms with van der Waals surface area (Å²) in [5.41, 5.74) is 2.63. The molecule has 0 fully saturated rings. The third kappa shape index (κ3) is 9.46. The Kier molecular flexibility index (Phi) is 12.0. The van der Waals surface area contributed by atoms with Crippen LogP contribution in [0.1, 0.15) is 61.3 Å². The molecule has 4 rings (SSSR count). The molecule has 0 aliphatic carbocycles. The highest BCUT2D eigenvalue weighted by molar-refractivity contribution is 6.08. The van der Waals surface area contributed by atoms with E-state index in [9.17, 15) is 9.59 Å². The summed E-state index contributed by atoms with van der Waals surface area (Å²) >= 11 is 0. The lowest BCUT2D eigenvalue weighted by Gasteiger charge is -2.28. The van der Waals surface area contributed by atoms with Crippen molar-refractivity contribution in [1.82, 2.24) is 0 Å². The number of nitrogens with zero attached hydrogens (tertiary/aromatic N) is 2. The van der Waals surface area contributed by atoms with Crippen LogP contribution in [0, 0.1) is 11.8 Å². The predicted octanol–water partition coefficient (Wildman–Crippen LogP) is 8.53. The van der Waals surface area contributed by atoms with Gasteiger partial charge in [-0.2, -0.15) is 0 Å². The Morgan fingerprint density at radius 3 is 1.18 bits per heavy atom. The first-order valence-corrected chi connectivity index (χ1v) is 15.5. The molecule has 0 aliphatic rings. The van der Waals surface area contributed by atoms with Gasteiger partial charge in [0.15, 0.2) is 0 Å². The summed E-state index contributed by atoms with van der Waals surface area (Å²) in [4.78, 5) is 31.2. The molecule has 0 saturated heterocycles. The molecule has 0 aromatic heterocycles. The van der Waals surface area contributed by atoms with Gasteiger partial charge in [0.1, 0.15) is 11.5 Å². The third-order valence-corrected chi connectivity index (χ3v) is 7.30. The third-order valence-electron chi connectivity index (χ3n) is 7.30. The summed E-state index contributed by atoms with van der Waals surface area (Å²) in [6, 6.07) is 33.7. The van der Waals surface area contributed by atoms with Crippen molar-refractivity contribution in [3.63, 3.8) is 0 Å². The number of benzene rings is 4. The second-order valence-electron chi connectivity index (χ2n) is 11.7. The highest BCUT2D eigenvalue weighted by atomic mass is 16.5. The van der Waals surface area contributed by atoms with E-state index in [1.807, 2.05) is 84.9 Å². The van der Waals surface area contributed by atoms with Crippen molar-refractivity contribution in [3.8, 4) is 11.5 Å². The van der Waals surface area contributed by atoms with Crippen molar-refractivity contribution >= 4 is 23.2 Å². The zero-order chi connectivity index (χ0) is 31.3. The maximum Gasteiger partial charge on any atom is 0.258 e. The van der Waals surface area contributed by atoms with E-state index in [1.54, 1.807) is 34.1 Å². The van der Waals surface area contributed by atoms with Crippen LogP contribution in [0.4, 0.5) is 11.4 Å². The fourth-order valence-electron chi connectivity index (χ4n) is 4.64. The molecular formula is C38H44N2O4. The minimum atomic E-state index is -0.145. The minimum Gasteiger partial charge on any atom is -0.494 e. The first-order chi connectivity index (χ1) is 21.3. The normalized spacial score (nSPS) is 11.0.